The molecule has 9 nitrogen and oxygen atoms in total. The molecule has 43 heavy (non-hydrogen) atoms. The van der Waals surface area contributed by atoms with E-state index >= 15 is 0 Å². The summed E-state index contributed by atoms with van der Waals surface area (Å²) in [5.41, 5.74) is 0. The number of amides is 2. The standard InChI is InChI=1S/C31H39BrN4O5S2/c1-20(2)17-26(35-31(38)29-18-21-5-3-4-6-28(21)42-29)30(37)34-22-11-15-36(16-12-22)43(39,40)24-7-8-27(25(32)19-24)41-23-9-13-33-14-10-23/h3-8,18-20,22-23,26,33H,9-17H2,1-2H3,(H,34,37)(H,35,38)/t26-/m0/s1. The monoisotopic (exact) mass is 690 g/mol. The molecule has 0 spiro atoms. The molecule has 2 aliphatic heterocycles. The smallest absolute Gasteiger partial charge is 0.262 e. The number of nitrogens with one attached hydrogen (secondary N) is 3. The second-order valence-electron chi connectivity index (χ2n) is 11.7. The fourth-order valence-electron chi connectivity index (χ4n) is 5.55. The van der Waals surface area contributed by atoms with Crippen molar-refractivity contribution >= 4 is 59.2 Å². The van der Waals surface area contributed by atoms with Crippen molar-refractivity contribution in [2.75, 3.05) is 26.2 Å². The average Bonchev–Trinajstić information content (AvgIpc) is 3.43. The third-order valence-corrected chi connectivity index (χ3v) is 11.5. The Hall–Kier alpha value is -2.51. The van der Waals surface area contributed by atoms with Crippen LogP contribution in [0.3, 0.4) is 0 Å². The van der Waals surface area contributed by atoms with E-state index in [1.165, 1.54) is 15.6 Å². The van der Waals surface area contributed by atoms with Gasteiger partial charge in [-0.2, -0.15) is 4.31 Å². The summed E-state index contributed by atoms with van der Waals surface area (Å²) in [6.45, 7) is 6.43. The number of ether oxygens (including phenoxy) is 1. The molecule has 0 saturated carbocycles. The number of thiophene rings is 1. The number of hydrogen-bond donors (Lipinski definition) is 3. The highest BCUT2D eigenvalue weighted by molar-refractivity contribution is 9.10. The van der Waals surface area contributed by atoms with E-state index in [1.54, 1.807) is 18.2 Å². The van der Waals surface area contributed by atoms with E-state index in [1.807, 2.05) is 44.2 Å². The average molecular weight is 692 g/mol. The zero-order valence-electron chi connectivity index (χ0n) is 24.5. The number of carbonyl (C=O) groups excluding carboxylic acids is 2. The number of nitrogens with zero attached hydrogens (tertiary/aromatic N) is 1. The molecule has 0 bridgehead atoms. The quantitative estimate of drug-likeness (QED) is 0.279. The molecule has 2 aromatic carbocycles. The van der Waals surface area contributed by atoms with Gasteiger partial charge >= 0.3 is 0 Å². The molecular formula is C31H39BrN4O5S2. The molecule has 2 amide bonds. The first-order valence-corrected chi connectivity index (χ1v) is 17.9. The first-order valence-electron chi connectivity index (χ1n) is 14.9. The summed E-state index contributed by atoms with van der Waals surface area (Å²) >= 11 is 4.90. The zero-order valence-corrected chi connectivity index (χ0v) is 27.7. The Morgan fingerprint density at radius 1 is 1.07 bits per heavy atom. The lowest BCUT2D eigenvalue weighted by molar-refractivity contribution is -0.124. The molecule has 0 unspecified atom stereocenters. The fourth-order valence-corrected chi connectivity index (χ4v) is 8.63. The van der Waals surface area contributed by atoms with Crippen molar-refractivity contribution in [2.24, 2.45) is 5.92 Å². The molecule has 3 aromatic rings. The van der Waals surface area contributed by atoms with Gasteiger partial charge in [0.2, 0.25) is 15.9 Å². The zero-order chi connectivity index (χ0) is 30.6. The first kappa shape index (κ1) is 31.9. The van der Waals surface area contributed by atoms with E-state index < -0.39 is 16.1 Å². The van der Waals surface area contributed by atoms with Crippen LogP contribution in [0.25, 0.3) is 10.1 Å². The van der Waals surface area contributed by atoms with Crippen molar-refractivity contribution in [3.63, 3.8) is 0 Å². The van der Waals surface area contributed by atoms with Crippen molar-refractivity contribution in [1.82, 2.24) is 20.3 Å². The molecule has 0 aliphatic carbocycles. The number of carbonyl (C=O) groups is 2. The molecular weight excluding hydrogens is 652 g/mol. The lowest BCUT2D eigenvalue weighted by atomic mass is 10.0. The summed E-state index contributed by atoms with van der Waals surface area (Å²) in [5.74, 6) is 0.336. The fraction of sp³-hybridized carbons (Fsp3) is 0.484. The van der Waals surface area contributed by atoms with Crippen LogP contribution >= 0.6 is 27.3 Å². The molecule has 5 rings (SSSR count). The molecule has 1 atom stereocenters. The lowest BCUT2D eigenvalue weighted by Gasteiger charge is -2.32. The van der Waals surface area contributed by atoms with Gasteiger partial charge in [-0.05, 0) is 103 Å². The maximum atomic E-state index is 13.4. The van der Waals surface area contributed by atoms with Gasteiger partial charge in [-0.1, -0.05) is 32.0 Å². The van der Waals surface area contributed by atoms with E-state index in [0.717, 1.165) is 36.0 Å². The first-order chi connectivity index (χ1) is 20.6. The molecule has 3 heterocycles. The Balaban J connectivity index is 1.17. The highest BCUT2D eigenvalue weighted by Gasteiger charge is 2.32. The second kappa shape index (κ2) is 14.1. The van der Waals surface area contributed by atoms with Crippen LogP contribution in [0.1, 0.15) is 55.6 Å². The predicted octanol–water partition coefficient (Wildman–Crippen LogP) is 4.91. The van der Waals surface area contributed by atoms with Gasteiger partial charge in [-0.25, -0.2) is 8.42 Å². The second-order valence-corrected chi connectivity index (χ2v) is 15.5. The van der Waals surface area contributed by atoms with Crippen LogP contribution in [0, 0.1) is 5.92 Å². The number of rotatable bonds is 10. The van der Waals surface area contributed by atoms with Gasteiger partial charge in [-0.3, -0.25) is 9.59 Å². The number of benzene rings is 2. The molecule has 0 radical (unpaired) electrons. The summed E-state index contributed by atoms with van der Waals surface area (Å²) in [5, 5.41) is 10.3. The number of halogens is 1. The molecule has 1 aromatic heterocycles. The van der Waals surface area contributed by atoms with Gasteiger partial charge in [0.25, 0.3) is 5.91 Å². The van der Waals surface area contributed by atoms with Crippen molar-refractivity contribution in [3.8, 4) is 5.75 Å². The Morgan fingerprint density at radius 2 is 1.79 bits per heavy atom. The summed E-state index contributed by atoms with van der Waals surface area (Å²) in [6, 6.07) is 13.7. The Kier molecular flexibility index (Phi) is 10.4. The third kappa shape index (κ3) is 7.96. The van der Waals surface area contributed by atoms with Crippen molar-refractivity contribution in [2.45, 2.75) is 69.0 Å². The van der Waals surface area contributed by atoms with Crippen molar-refractivity contribution in [1.29, 1.82) is 0 Å². The summed E-state index contributed by atoms with van der Waals surface area (Å²) in [6.07, 6.45) is 3.41. The Labute approximate surface area is 265 Å². The highest BCUT2D eigenvalue weighted by atomic mass is 79.9. The number of fused-ring (bicyclic) bond motifs is 1. The van der Waals surface area contributed by atoms with Gasteiger partial charge < -0.3 is 20.7 Å². The van der Waals surface area contributed by atoms with E-state index in [4.69, 9.17) is 4.74 Å². The summed E-state index contributed by atoms with van der Waals surface area (Å²) in [7, 11) is -3.71. The topological polar surface area (TPSA) is 117 Å². The van der Waals surface area contributed by atoms with E-state index in [9.17, 15) is 18.0 Å². The molecule has 2 fully saturated rings. The van der Waals surface area contributed by atoms with Crippen LogP contribution in [0.2, 0.25) is 0 Å². The van der Waals surface area contributed by atoms with Crippen LogP contribution in [0.15, 0.2) is 57.9 Å². The molecule has 232 valence electrons. The predicted molar refractivity (Wildman–Crippen MR) is 173 cm³/mol. The van der Waals surface area contributed by atoms with E-state index in [-0.39, 0.29) is 34.8 Å². The Morgan fingerprint density at radius 3 is 2.47 bits per heavy atom. The molecule has 12 heteroatoms. The SMILES string of the molecule is CC(C)C[C@H](NC(=O)c1cc2ccccc2s1)C(=O)NC1CCN(S(=O)(=O)c2ccc(OC3CCNCC3)c(Br)c2)CC1. The Bertz CT molecular complexity index is 1510. The minimum Gasteiger partial charge on any atom is -0.489 e. The molecule has 2 aliphatic rings. The van der Waals surface area contributed by atoms with Crippen LogP contribution in [-0.4, -0.2) is 68.9 Å². The van der Waals surface area contributed by atoms with Gasteiger partial charge in [0.1, 0.15) is 17.9 Å². The molecule has 2 saturated heterocycles. The normalized spacial score (nSPS) is 18.0. The van der Waals surface area contributed by atoms with E-state index in [2.05, 4.69) is 31.9 Å². The number of hydrogen-bond acceptors (Lipinski definition) is 7. The maximum Gasteiger partial charge on any atom is 0.262 e. The summed E-state index contributed by atoms with van der Waals surface area (Å²) in [4.78, 5) is 27.2. The van der Waals surface area contributed by atoms with Crippen molar-refractivity contribution in [3.05, 3.63) is 57.9 Å². The molecule has 3 N–H and O–H groups in total. The van der Waals surface area contributed by atoms with Crippen molar-refractivity contribution < 1.29 is 22.7 Å². The highest BCUT2D eigenvalue weighted by Crippen LogP contribution is 2.32. The van der Waals surface area contributed by atoms with Gasteiger partial charge in [0, 0.05) is 23.8 Å². The number of sulfonamides is 1. The third-order valence-electron chi connectivity index (χ3n) is 7.90. The number of piperidine rings is 2. The van der Waals surface area contributed by atoms with Crippen LogP contribution in [-0.2, 0) is 14.8 Å². The minimum atomic E-state index is -3.71. The maximum absolute atomic E-state index is 13.4. The van der Waals surface area contributed by atoms with Crippen LogP contribution < -0.4 is 20.7 Å². The van der Waals surface area contributed by atoms with Gasteiger partial charge in [0.05, 0.1) is 14.2 Å². The largest absolute Gasteiger partial charge is 0.489 e. The van der Waals surface area contributed by atoms with E-state index in [0.29, 0.717) is 47.5 Å². The lowest BCUT2D eigenvalue weighted by Crippen LogP contribution is -2.53. The van der Waals surface area contributed by atoms with Crippen LogP contribution in [0.5, 0.6) is 5.75 Å². The van der Waals surface area contributed by atoms with Gasteiger partial charge in [0.15, 0.2) is 0 Å². The van der Waals surface area contributed by atoms with Gasteiger partial charge in [-0.15, -0.1) is 11.3 Å². The minimum absolute atomic E-state index is 0.110. The van der Waals surface area contributed by atoms with Crippen LogP contribution in [0.4, 0.5) is 0 Å². The summed E-state index contributed by atoms with van der Waals surface area (Å²) < 4.78 is 36.1.